The molecule has 2 aromatic heterocycles. The lowest BCUT2D eigenvalue weighted by Crippen LogP contribution is -2.51. The lowest BCUT2D eigenvalue weighted by molar-refractivity contribution is 0.0522. The summed E-state index contributed by atoms with van der Waals surface area (Å²) in [5, 5.41) is 5.30. The second kappa shape index (κ2) is 11.3. The topological polar surface area (TPSA) is 75.6 Å². The monoisotopic (exact) mass is 622 g/mol. The van der Waals surface area contributed by atoms with E-state index in [1.165, 1.54) is 11.6 Å². The molecule has 4 aliphatic rings. The number of terminal acetylenes is 1. The van der Waals surface area contributed by atoms with Gasteiger partial charge in [0.05, 0.1) is 23.1 Å². The number of nitrogens with zero attached hydrogens (tertiary/aromatic N) is 5. The predicted octanol–water partition coefficient (Wildman–Crippen LogP) is 5.23. The van der Waals surface area contributed by atoms with Gasteiger partial charge < -0.3 is 19.7 Å². The highest BCUT2D eigenvalue weighted by atomic mass is 19.1. The maximum Gasteiger partial charge on any atom is 0.319 e. The number of nitrogens with one attached hydrogen (secondary N) is 1. The number of methoxy groups -OCH3 is 1. The molecule has 0 amide bonds. The minimum Gasteiger partial charge on any atom is -0.461 e. The Hall–Kier alpha value is -4.17. The van der Waals surface area contributed by atoms with Crippen LogP contribution in [-0.4, -0.2) is 83.5 Å². The number of hydrogen-bond acceptors (Lipinski definition) is 8. The van der Waals surface area contributed by atoms with Crippen molar-refractivity contribution in [3.05, 3.63) is 65.9 Å². The average Bonchev–Trinajstić information content (AvgIpc) is 3.69. The van der Waals surface area contributed by atoms with Crippen molar-refractivity contribution < 1.29 is 18.3 Å². The van der Waals surface area contributed by atoms with Crippen molar-refractivity contribution in [3.8, 4) is 29.6 Å². The number of ether oxygens (including phenoxy) is 2. The number of benzene rings is 2. The molecule has 2 bridgehead atoms. The number of halogens is 2. The van der Waals surface area contributed by atoms with E-state index < -0.39 is 11.6 Å². The molecule has 236 valence electrons. The van der Waals surface area contributed by atoms with Gasteiger partial charge in [0.2, 0.25) is 0 Å². The van der Waals surface area contributed by atoms with Gasteiger partial charge in [-0.1, -0.05) is 42.3 Å². The van der Waals surface area contributed by atoms with Crippen molar-refractivity contribution >= 4 is 27.5 Å². The standard InChI is InChI=1S/C36H36F2N6O2/c1-4-26-29(37)11-8-22-6-5-7-27(30(22)26)32-31(38)33-28(15-39-32)34(43-17-23-9-10-24(18-43)40-23)42-35(41-33)46-20-36-13-12-25(19-45-3)44(36)16-21(2)14-36/h1,5-8,11,15,23-25,40H,2,9-10,12-14,16-20H2,3H3/t23?,24?,25-,36-/m1/s1. The normalized spacial score (nSPS) is 25.8. The van der Waals surface area contributed by atoms with Crippen LogP contribution in [-0.2, 0) is 4.74 Å². The lowest BCUT2D eigenvalue weighted by Gasteiger charge is -2.35. The third-order valence-corrected chi connectivity index (χ3v) is 10.3. The van der Waals surface area contributed by atoms with E-state index in [1.54, 1.807) is 31.5 Å². The molecule has 4 atom stereocenters. The number of fused-ring (bicyclic) bond motifs is 5. The Balaban J connectivity index is 1.24. The van der Waals surface area contributed by atoms with Gasteiger partial charge in [0, 0.05) is 62.0 Å². The molecule has 6 heterocycles. The Morgan fingerprint density at radius 1 is 1.13 bits per heavy atom. The highest BCUT2D eigenvalue weighted by molar-refractivity contribution is 6.02. The number of rotatable bonds is 7. The van der Waals surface area contributed by atoms with Crippen LogP contribution in [0.15, 0.2) is 48.7 Å². The van der Waals surface area contributed by atoms with Gasteiger partial charge in [-0.15, -0.1) is 6.42 Å². The minimum atomic E-state index is -0.626. The molecule has 10 heteroatoms. The highest BCUT2D eigenvalue weighted by Gasteiger charge is 2.51. The van der Waals surface area contributed by atoms with Crippen molar-refractivity contribution in [2.24, 2.45) is 0 Å². The van der Waals surface area contributed by atoms with Crippen molar-refractivity contribution in [1.82, 2.24) is 25.2 Å². The van der Waals surface area contributed by atoms with E-state index in [9.17, 15) is 4.39 Å². The van der Waals surface area contributed by atoms with Crippen molar-refractivity contribution in [1.29, 1.82) is 0 Å². The van der Waals surface area contributed by atoms with Crippen LogP contribution >= 0.6 is 0 Å². The van der Waals surface area contributed by atoms with Crippen LogP contribution in [0, 0.1) is 24.0 Å². The van der Waals surface area contributed by atoms with Gasteiger partial charge in [-0.3, -0.25) is 9.88 Å². The van der Waals surface area contributed by atoms with Gasteiger partial charge in [0.1, 0.15) is 29.5 Å². The summed E-state index contributed by atoms with van der Waals surface area (Å²) in [5.74, 6) is 1.90. The van der Waals surface area contributed by atoms with E-state index in [2.05, 4.69) is 37.6 Å². The first-order valence-electron chi connectivity index (χ1n) is 16.0. The Labute approximate surface area is 266 Å². The first-order chi connectivity index (χ1) is 22.4. The summed E-state index contributed by atoms with van der Waals surface area (Å²) >= 11 is 0. The summed E-state index contributed by atoms with van der Waals surface area (Å²) < 4.78 is 43.6. The molecule has 8 rings (SSSR count). The van der Waals surface area contributed by atoms with E-state index in [0.29, 0.717) is 58.9 Å². The fourth-order valence-corrected chi connectivity index (χ4v) is 8.32. The molecule has 4 aromatic rings. The molecule has 0 radical (unpaired) electrons. The average molecular weight is 623 g/mol. The third kappa shape index (κ3) is 4.72. The zero-order valence-electron chi connectivity index (χ0n) is 25.9. The van der Waals surface area contributed by atoms with Gasteiger partial charge in [-0.2, -0.15) is 9.97 Å². The van der Waals surface area contributed by atoms with E-state index in [-0.39, 0.29) is 28.3 Å². The first kappa shape index (κ1) is 29.2. The molecular weight excluding hydrogens is 586 g/mol. The molecule has 0 spiro atoms. The molecule has 2 unspecified atom stereocenters. The van der Waals surface area contributed by atoms with E-state index >= 15 is 4.39 Å². The fraction of sp³-hybridized carbons (Fsp3) is 0.417. The van der Waals surface area contributed by atoms with Gasteiger partial charge >= 0.3 is 6.01 Å². The molecule has 1 N–H and O–H groups in total. The summed E-state index contributed by atoms with van der Waals surface area (Å²) in [4.78, 5) is 18.8. The Bertz CT molecular complexity index is 1910. The van der Waals surface area contributed by atoms with Crippen LogP contribution < -0.4 is 15.0 Å². The van der Waals surface area contributed by atoms with Crippen molar-refractivity contribution in [2.75, 3.05) is 44.9 Å². The summed E-state index contributed by atoms with van der Waals surface area (Å²) in [6, 6.07) is 9.39. The first-order valence-corrected chi connectivity index (χ1v) is 16.0. The molecule has 0 saturated carbocycles. The molecule has 4 aliphatic heterocycles. The summed E-state index contributed by atoms with van der Waals surface area (Å²) in [5.41, 5.74) is 1.57. The third-order valence-electron chi connectivity index (χ3n) is 10.3. The molecule has 0 aliphatic carbocycles. The van der Waals surface area contributed by atoms with Crippen LogP contribution in [0.2, 0.25) is 0 Å². The molecule has 2 aromatic carbocycles. The van der Waals surface area contributed by atoms with Gasteiger partial charge in [-0.05, 0) is 43.6 Å². The number of pyridine rings is 1. The zero-order chi connectivity index (χ0) is 31.6. The van der Waals surface area contributed by atoms with Crippen molar-refractivity contribution in [3.63, 3.8) is 0 Å². The Morgan fingerprint density at radius 3 is 2.74 bits per heavy atom. The van der Waals surface area contributed by atoms with Crippen molar-refractivity contribution in [2.45, 2.75) is 55.8 Å². The van der Waals surface area contributed by atoms with Crippen LogP contribution in [0.4, 0.5) is 14.6 Å². The summed E-state index contributed by atoms with van der Waals surface area (Å²) in [6.07, 6.45) is 12.3. The van der Waals surface area contributed by atoms with E-state index in [0.717, 1.165) is 51.7 Å². The van der Waals surface area contributed by atoms with Gasteiger partial charge in [0.25, 0.3) is 0 Å². The Kier molecular flexibility index (Phi) is 7.16. The second-order valence-corrected chi connectivity index (χ2v) is 13.2. The second-order valence-electron chi connectivity index (χ2n) is 13.2. The highest BCUT2D eigenvalue weighted by Crippen LogP contribution is 2.45. The number of piperazine rings is 1. The molecule has 46 heavy (non-hydrogen) atoms. The summed E-state index contributed by atoms with van der Waals surface area (Å²) in [7, 11) is 1.73. The quantitative estimate of drug-likeness (QED) is 0.222. The van der Waals surface area contributed by atoms with Crippen LogP contribution in [0.1, 0.15) is 37.7 Å². The molecular formula is C36H36F2N6O2. The van der Waals surface area contributed by atoms with Crippen LogP contribution in [0.25, 0.3) is 32.9 Å². The largest absolute Gasteiger partial charge is 0.461 e. The molecule has 4 saturated heterocycles. The SMILES string of the molecule is C#Cc1c(F)ccc2cccc(-c3ncc4c(N5CC6CCC(C5)N6)nc(OC[C@]56CC[C@H](COC)N5CC(=C)C6)nc4c3F)c12. The zero-order valence-corrected chi connectivity index (χ0v) is 25.9. The fourth-order valence-electron chi connectivity index (χ4n) is 8.32. The lowest BCUT2D eigenvalue weighted by atomic mass is 9.94. The number of hydrogen-bond donors (Lipinski definition) is 1. The maximum absolute atomic E-state index is 16.8. The van der Waals surface area contributed by atoms with E-state index in [1.807, 2.05) is 6.07 Å². The minimum absolute atomic E-state index is 0.0474. The molecule has 8 nitrogen and oxygen atoms in total. The predicted molar refractivity (Wildman–Crippen MR) is 174 cm³/mol. The van der Waals surface area contributed by atoms with E-state index in [4.69, 9.17) is 20.9 Å². The van der Waals surface area contributed by atoms with Gasteiger partial charge in [0.15, 0.2) is 5.82 Å². The van der Waals surface area contributed by atoms with Gasteiger partial charge in [-0.25, -0.2) is 8.78 Å². The van der Waals surface area contributed by atoms with Crippen LogP contribution in [0.5, 0.6) is 6.01 Å². The Morgan fingerprint density at radius 2 is 1.96 bits per heavy atom. The van der Waals surface area contributed by atoms with Crippen LogP contribution in [0.3, 0.4) is 0 Å². The summed E-state index contributed by atoms with van der Waals surface area (Å²) in [6.45, 7) is 7.59. The number of anilines is 1. The molecule has 4 fully saturated rings. The maximum atomic E-state index is 16.8. The smallest absolute Gasteiger partial charge is 0.319 e. The number of aromatic nitrogens is 3.